The normalized spacial score (nSPS) is 18.1. The third kappa shape index (κ3) is 1.81. The largest absolute Gasteiger partial charge is 0.385 e. The zero-order chi connectivity index (χ0) is 14.1. The number of carbonyl (C=O) groups is 1. The molecule has 20 heavy (non-hydrogen) atoms. The molecule has 1 aliphatic rings. The van der Waals surface area contributed by atoms with Gasteiger partial charge in [0, 0.05) is 0 Å². The lowest BCUT2D eigenvalue weighted by atomic mass is 9.97. The number of terminal acetylenes is 1. The Balaban J connectivity index is 2.17. The molecule has 1 heterocycles. The van der Waals surface area contributed by atoms with E-state index in [-0.39, 0.29) is 18.6 Å². The van der Waals surface area contributed by atoms with Crippen molar-refractivity contribution in [1.29, 1.82) is 0 Å². The number of nitrogens with two attached hydrogens (primary N) is 1. The molecule has 0 bridgehead atoms. The van der Waals surface area contributed by atoms with Crippen LogP contribution in [0.25, 0.3) is 10.8 Å². The Morgan fingerprint density at radius 1 is 1.25 bits per heavy atom. The molecule has 2 aromatic carbocycles. The molecule has 4 heteroatoms. The van der Waals surface area contributed by atoms with E-state index in [4.69, 9.17) is 12.2 Å². The third-order valence-corrected chi connectivity index (χ3v) is 3.44. The van der Waals surface area contributed by atoms with Crippen molar-refractivity contribution >= 4 is 22.6 Å². The molecular formula is C16H13N3O. The minimum atomic E-state index is -0.385. The van der Waals surface area contributed by atoms with Crippen LogP contribution in [-0.4, -0.2) is 23.3 Å². The van der Waals surface area contributed by atoms with Crippen molar-refractivity contribution in [2.75, 3.05) is 6.54 Å². The predicted octanol–water partition coefficient (Wildman–Crippen LogP) is 2.31. The molecule has 1 aliphatic heterocycles. The molecule has 0 aliphatic carbocycles. The van der Waals surface area contributed by atoms with E-state index in [0.717, 1.165) is 16.3 Å². The van der Waals surface area contributed by atoms with Gasteiger partial charge in [-0.1, -0.05) is 48.4 Å². The highest BCUT2D eigenvalue weighted by molar-refractivity contribution is 6.05. The van der Waals surface area contributed by atoms with Crippen LogP contribution in [0.15, 0.2) is 47.5 Å². The second-order valence-corrected chi connectivity index (χ2v) is 4.62. The van der Waals surface area contributed by atoms with E-state index < -0.39 is 0 Å². The smallest absolute Gasteiger partial charge is 0.346 e. The van der Waals surface area contributed by atoms with E-state index in [2.05, 4.69) is 10.9 Å². The van der Waals surface area contributed by atoms with Gasteiger partial charge in [-0.05, 0) is 16.3 Å². The minimum Gasteiger partial charge on any atom is -0.385 e. The summed E-state index contributed by atoms with van der Waals surface area (Å²) in [5, 5.41) is 2.15. The fraction of sp³-hybridized carbons (Fsp3) is 0.125. The van der Waals surface area contributed by atoms with Crippen molar-refractivity contribution in [3.63, 3.8) is 0 Å². The summed E-state index contributed by atoms with van der Waals surface area (Å²) in [6.07, 6.45) is 5.33. The van der Waals surface area contributed by atoms with Crippen molar-refractivity contribution < 1.29 is 4.79 Å². The molecule has 3 rings (SSSR count). The van der Waals surface area contributed by atoms with Crippen LogP contribution in [0.4, 0.5) is 4.79 Å². The maximum absolute atomic E-state index is 11.9. The van der Waals surface area contributed by atoms with Crippen LogP contribution < -0.4 is 5.73 Å². The Labute approximate surface area is 116 Å². The maximum atomic E-state index is 11.9. The first kappa shape index (κ1) is 12.2. The van der Waals surface area contributed by atoms with Crippen molar-refractivity contribution in [1.82, 2.24) is 4.90 Å². The molecule has 2 amide bonds. The lowest BCUT2D eigenvalue weighted by molar-refractivity contribution is 0.214. The van der Waals surface area contributed by atoms with Crippen LogP contribution in [0, 0.1) is 12.3 Å². The van der Waals surface area contributed by atoms with Crippen molar-refractivity contribution in [3.8, 4) is 12.3 Å². The quantitative estimate of drug-likeness (QED) is 0.845. The SMILES string of the molecule is C#CCN1C(=O)N=C(N)C1c1cccc2ccccc12. The summed E-state index contributed by atoms with van der Waals surface area (Å²) in [5.41, 5.74) is 6.88. The topological polar surface area (TPSA) is 58.7 Å². The van der Waals surface area contributed by atoms with Gasteiger partial charge in [0.1, 0.15) is 11.9 Å². The molecule has 1 unspecified atom stereocenters. The summed E-state index contributed by atoms with van der Waals surface area (Å²) >= 11 is 0. The fourth-order valence-electron chi connectivity index (χ4n) is 2.58. The van der Waals surface area contributed by atoms with Gasteiger partial charge in [0.15, 0.2) is 0 Å². The van der Waals surface area contributed by atoms with Gasteiger partial charge in [0.25, 0.3) is 0 Å². The Morgan fingerprint density at radius 3 is 2.80 bits per heavy atom. The zero-order valence-corrected chi connectivity index (χ0v) is 10.8. The van der Waals surface area contributed by atoms with E-state index in [1.165, 1.54) is 4.90 Å². The van der Waals surface area contributed by atoms with Gasteiger partial charge in [0.2, 0.25) is 0 Å². The molecule has 0 saturated heterocycles. The highest BCUT2D eigenvalue weighted by Gasteiger charge is 2.34. The summed E-state index contributed by atoms with van der Waals surface area (Å²) in [6, 6.07) is 13.1. The number of amides is 2. The Hall–Kier alpha value is -2.80. The zero-order valence-electron chi connectivity index (χ0n) is 10.8. The molecule has 4 nitrogen and oxygen atoms in total. The standard InChI is InChI=1S/C16H13N3O/c1-2-10-19-14(15(17)18-16(19)20)13-9-5-7-11-6-3-4-8-12(11)13/h1,3-9,14H,10H2,(H2,17,18,20). The molecule has 1 atom stereocenters. The molecule has 0 saturated carbocycles. The van der Waals surface area contributed by atoms with Crippen LogP contribution in [0.2, 0.25) is 0 Å². The third-order valence-electron chi connectivity index (χ3n) is 3.44. The number of urea groups is 1. The summed E-state index contributed by atoms with van der Waals surface area (Å²) < 4.78 is 0. The van der Waals surface area contributed by atoms with Crippen LogP contribution in [-0.2, 0) is 0 Å². The molecule has 98 valence electrons. The van der Waals surface area contributed by atoms with Crippen LogP contribution >= 0.6 is 0 Å². The van der Waals surface area contributed by atoms with E-state index in [1.807, 2.05) is 42.5 Å². The lowest BCUT2D eigenvalue weighted by Gasteiger charge is -2.23. The number of fused-ring (bicyclic) bond motifs is 1. The van der Waals surface area contributed by atoms with Gasteiger partial charge in [-0.3, -0.25) is 4.90 Å². The number of hydrogen-bond donors (Lipinski definition) is 1. The van der Waals surface area contributed by atoms with Gasteiger partial charge in [-0.25, -0.2) is 4.79 Å². The Kier molecular flexibility index (Phi) is 2.88. The summed E-state index contributed by atoms with van der Waals surface area (Å²) in [7, 11) is 0. The highest BCUT2D eigenvalue weighted by atomic mass is 16.2. The molecule has 0 aromatic heterocycles. The van der Waals surface area contributed by atoms with Crippen LogP contribution in [0.1, 0.15) is 11.6 Å². The van der Waals surface area contributed by atoms with Crippen molar-refractivity contribution in [3.05, 3.63) is 48.0 Å². The minimum absolute atomic E-state index is 0.191. The number of amidine groups is 1. The molecule has 0 fully saturated rings. The van der Waals surface area contributed by atoms with Crippen LogP contribution in [0.5, 0.6) is 0 Å². The van der Waals surface area contributed by atoms with Gasteiger partial charge in [0.05, 0.1) is 6.54 Å². The summed E-state index contributed by atoms with van der Waals surface area (Å²) in [6.45, 7) is 0.191. The van der Waals surface area contributed by atoms with Gasteiger partial charge >= 0.3 is 6.03 Å². The number of hydrogen-bond acceptors (Lipinski definition) is 2. The van der Waals surface area contributed by atoms with E-state index in [0.29, 0.717) is 5.84 Å². The van der Waals surface area contributed by atoms with Gasteiger partial charge in [-0.15, -0.1) is 6.42 Å². The van der Waals surface area contributed by atoms with E-state index in [9.17, 15) is 4.79 Å². The maximum Gasteiger partial charge on any atom is 0.346 e. The Morgan fingerprint density at radius 2 is 2.00 bits per heavy atom. The number of nitrogens with zero attached hydrogens (tertiary/aromatic N) is 2. The highest BCUT2D eigenvalue weighted by Crippen LogP contribution is 2.31. The predicted molar refractivity (Wildman–Crippen MR) is 79.2 cm³/mol. The summed E-state index contributed by atoms with van der Waals surface area (Å²) in [4.78, 5) is 17.2. The van der Waals surface area contributed by atoms with Crippen molar-refractivity contribution in [2.24, 2.45) is 10.7 Å². The number of rotatable bonds is 2. The first-order valence-electron chi connectivity index (χ1n) is 6.28. The number of carbonyl (C=O) groups excluding carboxylic acids is 1. The van der Waals surface area contributed by atoms with Crippen LogP contribution in [0.3, 0.4) is 0 Å². The molecule has 2 aromatic rings. The number of aliphatic imine (C=N–C) groups is 1. The average molecular weight is 263 g/mol. The Bertz CT molecular complexity index is 752. The van der Waals surface area contributed by atoms with Gasteiger partial charge in [-0.2, -0.15) is 4.99 Å². The molecule has 0 radical (unpaired) electrons. The van der Waals surface area contributed by atoms with Gasteiger partial charge < -0.3 is 5.73 Å². The fourth-order valence-corrected chi connectivity index (χ4v) is 2.58. The average Bonchev–Trinajstić information content (AvgIpc) is 2.73. The van der Waals surface area contributed by atoms with E-state index in [1.54, 1.807) is 0 Å². The van der Waals surface area contributed by atoms with Crippen molar-refractivity contribution in [2.45, 2.75) is 6.04 Å². The molecular weight excluding hydrogens is 250 g/mol. The summed E-state index contributed by atoms with van der Waals surface area (Å²) in [5.74, 6) is 2.78. The lowest BCUT2D eigenvalue weighted by Crippen LogP contribution is -2.33. The molecule has 2 N–H and O–H groups in total. The molecule has 0 spiro atoms. The number of benzene rings is 2. The monoisotopic (exact) mass is 263 g/mol. The first-order valence-corrected chi connectivity index (χ1v) is 6.28. The second kappa shape index (κ2) is 4.71. The second-order valence-electron chi connectivity index (χ2n) is 4.62. The first-order chi connectivity index (χ1) is 9.72. The van der Waals surface area contributed by atoms with E-state index >= 15 is 0 Å².